The second-order valence-corrected chi connectivity index (χ2v) is 8.77. The lowest BCUT2D eigenvalue weighted by atomic mass is 9.68. The van der Waals surface area contributed by atoms with Gasteiger partial charge in [0.15, 0.2) is 0 Å². The minimum absolute atomic E-state index is 0.0311. The summed E-state index contributed by atoms with van der Waals surface area (Å²) < 4.78 is 0. The molecular weight excluding hydrogens is 388 g/mol. The molecule has 0 bridgehead atoms. The number of aromatic amines is 1. The third-order valence-electron chi connectivity index (χ3n) is 6.26. The molecule has 3 heterocycles. The fourth-order valence-electron chi connectivity index (χ4n) is 4.36. The molecule has 1 amide bonds. The number of carbonyl (C=O) groups is 1. The lowest BCUT2D eigenvalue weighted by Crippen LogP contribution is -2.43. The Balaban J connectivity index is 1.50. The van der Waals surface area contributed by atoms with Crippen molar-refractivity contribution in [2.24, 2.45) is 11.3 Å². The molecule has 0 radical (unpaired) electrons. The van der Waals surface area contributed by atoms with Crippen LogP contribution in [0.15, 0.2) is 42.7 Å². The molecular formula is C22H25ClN4O2. The maximum atomic E-state index is 12.7. The van der Waals surface area contributed by atoms with Gasteiger partial charge in [0.1, 0.15) is 5.69 Å². The first kappa shape index (κ1) is 19.9. The molecule has 1 fully saturated rings. The van der Waals surface area contributed by atoms with E-state index in [2.05, 4.69) is 29.0 Å². The Labute approximate surface area is 174 Å². The minimum Gasteiger partial charge on any atom is -0.388 e. The van der Waals surface area contributed by atoms with E-state index < -0.39 is 6.10 Å². The predicted octanol–water partition coefficient (Wildman–Crippen LogP) is 4.22. The molecule has 0 spiro atoms. The molecule has 4 rings (SSSR count). The summed E-state index contributed by atoms with van der Waals surface area (Å²) in [6.07, 6.45) is 4.31. The number of hydrogen-bond acceptors (Lipinski definition) is 4. The maximum absolute atomic E-state index is 12.7. The van der Waals surface area contributed by atoms with Crippen LogP contribution in [0.3, 0.4) is 0 Å². The van der Waals surface area contributed by atoms with E-state index in [-0.39, 0.29) is 17.2 Å². The Morgan fingerprint density at radius 1 is 1.31 bits per heavy atom. The van der Waals surface area contributed by atoms with Crippen LogP contribution in [0, 0.1) is 11.3 Å². The van der Waals surface area contributed by atoms with Crippen LogP contribution in [-0.2, 0) is 0 Å². The SMILES string of the molecule is CC(C)(C1CCN(C(=O)c2ccccn2)CC1)C(O)c1cc(Cl)cc2cn[nH]c12. The van der Waals surface area contributed by atoms with Crippen LogP contribution in [0.4, 0.5) is 0 Å². The number of nitrogens with zero attached hydrogens (tertiary/aromatic N) is 3. The Morgan fingerprint density at radius 3 is 2.76 bits per heavy atom. The molecule has 1 aliphatic rings. The van der Waals surface area contributed by atoms with E-state index in [1.165, 1.54) is 0 Å². The van der Waals surface area contributed by atoms with E-state index in [0.717, 1.165) is 29.3 Å². The average Bonchev–Trinajstić information content (AvgIpc) is 3.21. The van der Waals surface area contributed by atoms with Crippen molar-refractivity contribution in [3.8, 4) is 0 Å². The van der Waals surface area contributed by atoms with Crippen LogP contribution in [-0.4, -0.2) is 44.2 Å². The second-order valence-electron chi connectivity index (χ2n) is 8.33. The largest absolute Gasteiger partial charge is 0.388 e. The van der Waals surface area contributed by atoms with Crippen molar-refractivity contribution in [2.75, 3.05) is 13.1 Å². The number of pyridine rings is 1. The number of rotatable bonds is 4. The van der Waals surface area contributed by atoms with Gasteiger partial charge in [-0.2, -0.15) is 5.10 Å². The quantitative estimate of drug-likeness (QED) is 0.672. The number of H-pyrrole nitrogens is 1. The van der Waals surface area contributed by atoms with Crippen LogP contribution in [0.25, 0.3) is 10.9 Å². The summed E-state index contributed by atoms with van der Waals surface area (Å²) in [4.78, 5) is 18.7. The van der Waals surface area contributed by atoms with Crippen molar-refractivity contribution in [1.82, 2.24) is 20.1 Å². The van der Waals surface area contributed by atoms with E-state index >= 15 is 0 Å². The zero-order valence-electron chi connectivity index (χ0n) is 16.6. The van der Waals surface area contributed by atoms with Gasteiger partial charge in [0.2, 0.25) is 0 Å². The van der Waals surface area contributed by atoms with Gasteiger partial charge in [-0.3, -0.25) is 14.9 Å². The molecule has 1 aliphatic heterocycles. The fourth-order valence-corrected chi connectivity index (χ4v) is 4.60. The summed E-state index contributed by atoms with van der Waals surface area (Å²) in [5.74, 6) is 0.235. The number of aliphatic hydroxyl groups excluding tert-OH is 1. The monoisotopic (exact) mass is 412 g/mol. The van der Waals surface area contributed by atoms with Crippen molar-refractivity contribution in [3.63, 3.8) is 0 Å². The molecule has 29 heavy (non-hydrogen) atoms. The number of amides is 1. The normalized spacial score (nSPS) is 16.9. The lowest BCUT2D eigenvalue weighted by Gasteiger charge is -2.43. The van der Waals surface area contributed by atoms with Crippen LogP contribution >= 0.6 is 11.6 Å². The molecule has 1 unspecified atom stereocenters. The van der Waals surface area contributed by atoms with Crippen molar-refractivity contribution < 1.29 is 9.90 Å². The van der Waals surface area contributed by atoms with Crippen molar-refractivity contribution in [2.45, 2.75) is 32.8 Å². The molecule has 3 aromatic rings. The van der Waals surface area contributed by atoms with Crippen LogP contribution in [0.5, 0.6) is 0 Å². The minimum atomic E-state index is -0.702. The van der Waals surface area contributed by atoms with E-state index in [4.69, 9.17) is 11.6 Å². The second kappa shape index (κ2) is 7.76. The number of carbonyl (C=O) groups excluding carboxylic acids is 1. The molecule has 2 aromatic heterocycles. The summed E-state index contributed by atoms with van der Waals surface area (Å²) in [6, 6.07) is 9.03. The van der Waals surface area contributed by atoms with Gasteiger partial charge in [0, 0.05) is 35.3 Å². The smallest absolute Gasteiger partial charge is 0.272 e. The highest BCUT2D eigenvalue weighted by molar-refractivity contribution is 6.31. The molecule has 2 N–H and O–H groups in total. The highest BCUT2D eigenvalue weighted by Gasteiger charge is 2.40. The molecule has 1 saturated heterocycles. The van der Waals surface area contributed by atoms with Crippen LogP contribution in [0.1, 0.15) is 48.8 Å². The summed E-state index contributed by atoms with van der Waals surface area (Å²) in [7, 11) is 0. The number of nitrogens with one attached hydrogen (secondary N) is 1. The van der Waals surface area contributed by atoms with Gasteiger partial charge in [0.25, 0.3) is 5.91 Å². The number of likely N-dealkylation sites (tertiary alicyclic amines) is 1. The van der Waals surface area contributed by atoms with E-state index in [1.54, 1.807) is 24.5 Å². The van der Waals surface area contributed by atoms with E-state index in [1.807, 2.05) is 23.1 Å². The number of aromatic nitrogens is 3. The van der Waals surface area contributed by atoms with Gasteiger partial charge < -0.3 is 10.0 Å². The standard InChI is InChI=1S/C22H25ClN4O2/c1-22(2,20(28)17-12-16(23)11-14-13-25-26-19(14)17)15-6-9-27(10-7-15)21(29)18-5-3-4-8-24-18/h3-5,8,11-13,15,20,28H,6-7,9-10H2,1-2H3,(H,25,26). The highest BCUT2D eigenvalue weighted by Crippen LogP contribution is 2.46. The van der Waals surface area contributed by atoms with E-state index in [9.17, 15) is 9.90 Å². The lowest BCUT2D eigenvalue weighted by molar-refractivity contribution is -0.0165. The van der Waals surface area contributed by atoms with Gasteiger partial charge in [0.05, 0.1) is 17.8 Å². The van der Waals surface area contributed by atoms with Gasteiger partial charge in [-0.25, -0.2) is 0 Å². The summed E-state index contributed by atoms with van der Waals surface area (Å²) >= 11 is 6.27. The summed E-state index contributed by atoms with van der Waals surface area (Å²) in [5.41, 5.74) is 1.67. The van der Waals surface area contributed by atoms with Crippen molar-refractivity contribution >= 4 is 28.4 Å². The maximum Gasteiger partial charge on any atom is 0.272 e. The first-order valence-electron chi connectivity index (χ1n) is 9.89. The van der Waals surface area contributed by atoms with Gasteiger partial charge in [-0.1, -0.05) is 31.5 Å². The third-order valence-corrected chi connectivity index (χ3v) is 6.48. The topological polar surface area (TPSA) is 82.1 Å². The molecule has 6 nitrogen and oxygen atoms in total. The van der Waals surface area contributed by atoms with Crippen LogP contribution < -0.4 is 0 Å². The molecule has 1 atom stereocenters. The predicted molar refractivity (Wildman–Crippen MR) is 113 cm³/mol. The third kappa shape index (κ3) is 3.74. The fraction of sp³-hybridized carbons (Fsp3) is 0.409. The van der Waals surface area contributed by atoms with Crippen molar-refractivity contribution in [1.29, 1.82) is 0 Å². The number of fused-ring (bicyclic) bond motifs is 1. The number of piperidine rings is 1. The van der Waals surface area contributed by atoms with Crippen molar-refractivity contribution in [3.05, 3.63) is 59.0 Å². The summed E-state index contributed by atoms with van der Waals surface area (Å²) in [6.45, 7) is 5.49. The average molecular weight is 413 g/mol. The number of hydrogen-bond donors (Lipinski definition) is 2. The zero-order valence-corrected chi connectivity index (χ0v) is 17.4. The number of aliphatic hydroxyl groups is 1. The highest BCUT2D eigenvalue weighted by atomic mass is 35.5. The Hall–Kier alpha value is -2.44. The molecule has 0 saturated carbocycles. The van der Waals surface area contributed by atoms with Gasteiger partial charge in [-0.15, -0.1) is 0 Å². The molecule has 7 heteroatoms. The molecule has 0 aliphatic carbocycles. The molecule has 1 aromatic carbocycles. The number of halogens is 1. The Kier molecular flexibility index (Phi) is 5.32. The first-order chi connectivity index (χ1) is 13.9. The van der Waals surface area contributed by atoms with E-state index in [0.29, 0.717) is 23.8 Å². The first-order valence-corrected chi connectivity index (χ1v) is 10.3. The summed E-state index contributed by atoms with van der Waals surface area (Å²) in [5, 5.41) is 19.8. The van der Waals surface area contributed by atoms with Gasteiger partial charge >= 0.3 is 0 Å². The Bertz CT molecular complexity index is 1010. The Morgan fingerprint density at radius 2 is 2.07 bits per heavy atom. The molecule has 152 valence electrons. The zero-order chi connectivity index (χ0) is 20.6. The van der Waals surface area contributed by atoms with Crippen LogP contribution in [0.2, 0.25) is 5.02 Å². The van der Waals surface area contributed by atoms with Gasteiger partial charge in [-0.05, 0) is 48.4 Å². The number of benzene rings is 1.